The maximum absolute atomic E-state index is 12.8. The highest BCUT2D eigenvalue weighted by atomic mass is 32.1. The van der Waals surface area contributed by atoms with E-state index >= 15 is 0 Å². The van der Waals surface area contributed by atoms with Crippen LogP contribution in [0.4, 0.5) is 19.1 Å². The van der Waals surface area contributed by atoms with Crippen molar-refractivity contribution in [2.45, 2.75) is 25.9 Å². The number of hydrogen-bond donors (Lipinski definition) is 0. The van der Waals surface area contributed by atoms with Crippen LogP contribution in [0.15, 0.2) is 23.7 Å². The maximum atomic E-state index is 12.8. The maximum Gasteiger partial charge on any atom is 0.433 e. The Morgan fingerprint density at radius 2 is 2.17 bits per heavy atom. The minimum atomic E-state index is -4.50. The Kier molecular flexibility index (Phi) is 4.58. The van der Waals surface area contributed by atoms with Crippen LogP contribution in [0, 0.1) is 12.8 Å². The van der Waals surface area contributed by atoms with Crippen LogP contribution in [0.2, 0.25) is 0 Å². The average Bonchev–Trinajstić information content (AvgIpc) is 3.00. The summed E-state index contributed by atoms with van der Waals surface area (Å²) in [6.45, 7) is 2.78. The first kappa shape index (κ1) is 16.9. The number of ketones is 1. The molecule has 0 aromatic carbocycles. The van der Waals surface area contributed by atoms with Crippen LogP contribution >= 0.6 is 11.3 Å². The van der Waals surface area contributed by atoms with Crippen molar-refractivity contribution in [3.63, 3.8) is 0 Å². The molecule has 1 saturated heterocycles. The smallest absolute Gasteiger partial charge is 0.340 e. The van der Waals surface area contributed by atoms with Crippen molar-refractivity contribution in [1.82, 2.24) is 9.97 Å². The van der Waals surface area contributed by atoms with E-state index in [1.54, 1.807) is 4.90 Å². The number of alkyl halides is 3. The van der Waals surface area contributed by atoms with Crippen LogP contribution < -0.4 is 4.90 Å². The van der Waals surface area contributed by atoms with E-state index in [9.17, 15) is 18.0 Å². The molecule has 2 aromatic heterocycles. The summed E-state index contributed by atoms with van der Waals surface area (Å²) in [6, 6.07) is 2.75. The number of anilines is 1. The minimum Gasteiger partial charge on any atom is -0.340 e. The molecular weight excluding hydrogens is 339 g/mol. The molecular formula is C16H16F3N3OS. The van der Waals surface area contributed by atoms with Gasteiger partial charge in [0.1, 0.15) is 5.69 Å². The summed E-state index contributed by atoms with van der Waals surface area (Å²) in [5, 5.41) is 1.87. The average molecular weight is 355 g/mol. The standard InChI is InChI=1S/C16H16F3N3OS/c1-10-5-8-24-14(10)13(23)11-3-2-7-22(9-11)15-20-6-4-12(21-15)16(17,18)19/h4-6,8,11H,2-3,7,9H2,1H3/t11-/m0/s1. The second-order valence-electron chi connectivity index (χ2n) is 5.82. The molecule has 4 nitrogen and oxygen atoms in total. The third kappa shape index (κ3) is 3.43. The van der Waals surface area contributed by atoms with Crippen molar-refractivity contribution in [2.75, 3.05) is 18.0 Å². The zero-order valence-electron chi connectivity index (χ0n) is 13.0. The van der Waals surface area contributed by atoms with E-state index < -0.39 is 11.9 Å². The van der Waals surface area contributed by atoms with Gasteiger partial charge in [-0.2, -0.15) is 13.2 Å². The molecule has 3 rings (SSSR count). The first-order chi connectivity index (χ1) is 11.4. The number of halogens is 3. The third-order valence-electron chi connectivity index (χ3n) is 4.09. The Labute approximate surface area is 141 Å². The van der Waals surface area contributed by atoms with Crippen molar-refractivity contribution >= 4 is 23.1 Å². The molecule has 0 radical (unpaired) electrons. The molecule has 2 aromatic rings. The fraction of sp³-hybridized carbons (Fsp3) is 0.438. The van der Waals surface area contributed by atoms with Gasteiger partial charge in [-0.15, -0.1) is 11.3 Å². The molecule has 0 saturated carbocycles. The highest BCUT2D eigenvalue weighted by molar-refractivity contribution is 7.12. The molecule has 3 heterocycles. The molecule has 0 unspecified atom stereocenters. The van der Waals surface area contributed by atoms with Gasteiger partial charge in [-0.25, -0.2) is 9.97 Å². The monoisotopic (exact) mass is 355 g/mol. The lowest BCUT2D eigenvalue weighted by Gasteiger charge is -2.32. The number of thiophene rings is 1. The topological polar surface area (TPSA) is 46.1 Å². The largest absolute Gasteiger partial charge is 0.433 e. The van der Waals surface area contributed by atoms with Gasteiger partial charge < -0.3 is 4.90 Å². The van der Waals surface area contributed by atoms with E-state index in [1.165, 1.54) is 11.3 Å². The Morgan fingerprint density at radius 3 is 2.83 bits per heavy atom. The third-order valence-corrected chi connectivity index (χ3v) is 5.13. The van der Waals surface area contributed by atoms with Gasteiger partial charge in [-0.05, 0) is 42.8 Å². The summed E-state index contributed by atoms with van der Waals surface area (Å²) in [4.78, 5) is 22.6. The predicted octanol–water partition coefficient (Wildman–Crippen LogP) is 3.96. The Hall–Kier alpha value is -1.96. The van der Waals surface area contributed by atoms with Gasteiger partial charge in [0.2, 0.25) is 5.95 Å². The Bertz CT molecular complexity index is 744. The fourth-order valence-electron chi connectivity index (χ4n) is 2.84. The number of nitrogens with zero attached hydrogens (tertiary/aromatic N) is 3. The van der Waals surface area contributed by atoms with Gasteiger partial charge in [0, 0.05) is 25.2 Å². The number of carbonyl (C=O) groups excluding carboxylic acids is 1. The van der Waals surface area contributed by atoms with Crippen LogP contribution in [0.25, 0.3) is 0 Å². The number of aryl methyl sites for hydroxylation is 1. The number of hydrogen-bond acceptors (Lipinski definition) is 5. The SMILES string of the molecule is Cc1ccsc1C(=O)[C@H]1CCCN(c2nccc(C(F)(F)F)n2)C1. The number of aromatic nitrogens is 2. The van der Waals surface area contributed by atoms with E-state index in [0.717, 1.165) is 35.5 Å². The van der Waals surface area contributed by atoms with Gasteiger partial charge in [0.25, 0.3) is 0 Å². The first-order valence-electron chi connectivity index (χ1n) is 7.60. The van der Waals surface area contributed by atoms with E-state index in [1.807, 2.05) is 18.4 Å². The molecule has 0 spiro atoms. The van der Waals surface area contributed by atoms with E-state index in [4.69, 9.17) is 0 Å². The zero-order valence-corrected chi connectivity index (χ0v) is 13.8. The summed E-state index contributed by atoms with van der Waals surface area (Å²) in [6.07, 6.45) is -1.94. The molecule has 1 fully saturated rings. The lowest BCUT2D eigenvalue weighted by Crippen LogP contribution is -2.39. The van der Waals surface area contributed by atoms with Gasteiger partial charge in [-0.1, -0.05) is 0 Å². The summed E-state index contributed by atoms with van der Waals surface area (Å²) < 4.78 is 38.4. The molecule has 1 aliphatic rings. The minimum absolute atomic E-state index is 0.0326. The molecule has 0 amide bonds. The van der Waals surface area contributed by atoms with Crippen LogP contribution in [0.1, 0.15) is 33.8 Å². The van der Waals surface area contributed by atoms with Crippen molar-refractivity contribution in [3.8, 4) is 0 Å². The quantitative estimate of drug-likeness (QED) is 0.782. The molecule has 128 valence electrons. The molecule has 8 heteroatoms. The van der Waals surface area contributed by atoms with Crippen molar-refractivity contribution < 1.29 is 18.0 Å². The first-order valence-corrected chi connectivity index (χ1v) is 8.47. The van der Waals surface area contributed by atoms with Crippen molar-refractivity contribution in [2.24, 2.45) is 5.92 Å². The van der Waals surface area contributed by atoms with Gasteiger partial charge in [0.15, 0.2) is 5.78 Å². The second kappa shape index (κ2) is 6.51. The Morgan fingerprint density at radius 1 is 1.38 bits per heavy atom. The van der Waals surface area contributed by atoms with Gasteiger partial charge >= 0.3 is 6.18 Å². The van der Waals surface area contributed by atoms with Crippen LogP contribution in [0.5, 0.6) is 0 Å². The predicted molar refractivity (Wildman–Crippen MR) is 85.4 cm³/mol. The van der Waals surface area contributed by atoms with E-state index in [2.05, 4.69) is 9.97 Å². The zero-order chi connectivity index (χ0) is 17.3. The number of piperidine rings is 1. The fourth-order valence-corrected chi connectivity index (χ4v) is 3.79. The number of Topliss-reactive ketones (excluding diaryl/α,β-unsaturated/α-hetero) is 1. The molecule has 0 aliphatic carbocycles. The highest BCUT2D eigenvalue weighted by Gasteiger charge is 2.34. The van der Waals surface area contributed by atoms with Crippen LogP contribution in [-0.4, -0.2) is 28.8 Å². The van der Waals surface area contributed by atoms with Gasteiger partial charge in [-0.3, -0.25) is 4.79 Å². The number of rotatable bonds is 3. The second-order valence-corrected chi connectivity index (χ2v) is 6.74. The molecule has 1 aliphatic heterocycles. The van der Waals surface area contributed by atoms with E-state index in [0.29, 0.717) is 13.1 Å². The highest BCUT2D eigenvalue weighted by Crippen LogP contribution is 2.30. The molecule has 0 bridgehead atoms. The van der Waals surface area contributed by atoms with Gasteiger partial charge in [0.05, 0.1) is 4.88 Å². The lowest BCUT2D eigenvalue weighted by atomic mass is 9.92. The summed E-state index contributed by atoms with van der Waals surface area (Å²) in [5.41, 5.74) is -0.0208. The van der Waals surface area contributed by atoms with Crippen molar-refractivity contribution in [1.29, 1.82) is 0 Å². The summed E-state index contributed by atoms with van der Waals surface area (Å²) in [7, 11) is 0. The molecule has 24 heavy (non-hydrogen) atoms. The molecule has 1 atom stereocenters. The van der Waals surface area contributed by atoms with Crippen LogP contribution in [0.3, 0.4) is 0 Å². The molecule has 0 N–H and O–H groups in total. The normalized spacial score (nSPS) is 18.7. The summed E-state index contributed by atoms with van der Waals surface area (Å²) in [5.74, 6) is -0.154. The number of carbonyl (C=O) groups is 1. The lowest BCUT2D eigenvalue weighted by molar-refractivity contribution is -0.141. The Balaban J connectivity index is 1.79. The summed E-state index contributed by atoms with van der Waals surface area (Å²) >= 11 is 1.41. The van der Waals surface area contributed by atoms with E-state index in [-0.39, 0.29) is 17.6 Å². The van der Waals surface area contributed by atoms with Crippen LogP contribution in [-0.2, 0) is 6.18 Å². The van der Waals surface area contributed by atoms with Crippen molar-refractivity contribution in [3.05, 3.63) is 39.8 Å².